The number of nitrogens with one attached hydrogen (secondary N) is 2. The molecule has 0 saturated heterocycles. The number of aromatic nitrogens is 8. The molecule has 0 fully saturated rings. The van der Waals surface area contributed by atoms with Crippen molar-refractivity contribution in [3.05, 3.63) is 345 Å². The van der Waals surface area contributed by atoms with Gasteiger partial charge in [-0.15, -0.1) is 0 Å². The maximum Gasteiger partial charge on any atom is 0.261 e. The Morgan fingerprint density at radius 2 is 0.590 bits per heavy atom. The van der Waals surface area contributed by atoms with Crippen LogP contribution in [0, 0.1) is 0 Å². The highest BCUT2D eigenvalue weighted by molar-refractivity contribution is 6.22. The largest absolute Gasteiger partial charge is 0.494 e. The van der Waals surface area contributed by atoms with Crippen molar-refractivity contribution in [2.45, 2.75) is 104 Å². The number of methoxy groups -OCH3 is 2. The topological polar surface area (TPSA) is 375 Å². The van der Waals surface area contributed by atoms with Gasteiger partial charge in [-0.05, 0) is 194 Å². The first-order chi connectivity index (χ1) is 65.6. The lowest BCUT2D eigenvalue weighted by atomic mass is 10.1. The SMILES string of the molecule is COCCOCCOCC(=O)Nc1cccc(CN(Cc2cc(CN(Cc3ccccn3)Cc3cccc(NC(=O)COCCOCCOC)n3)cc(OCCCCN3C(=O)c4ccccc4C3=O)c2)Cc2ccccn2)n1.Nc1cccc(CN(Cc2cc(CN(Cc3ccccn3)Cc3cccc(N)n3)cc(OCCCCN3C(=O)c4ccccc4C3=O)c2)Cc2ccccn2)n1. The fourth-order valence-electron chi connectivity index (χ4n) is 15.4. The van der Waals surface area contributed by atoms with Crippen LogP contribution in [0.15, 0.2) is 255 Å². The Balaban J connectivity index is 0.000000239. The van der Waals surface area contributed by atoms with Crippen LogP contribution in [0.25, 0.3) is 0 Å². The molecule has 6 amide bonds. The highest BCUT2D eigenvalue weighted by atomic mass is 16.5. The van der Waals surface area contributed by atoms with Gasteiger partial charge >= 0.3 is 0 Å². The van der Waals surface area contributed by atoms with E-state index in [0.717, 1.165) is 73.6 Å². The molecular formula is C102H114N18O14. The number of ether oxygens (including phenoxy) is 8. The molecule has 0 radical (unpaired) electrons. The zero-order valence-corrected chi connectivity index (χ0v) is 75.6. The molecule has 0 aliphatic carbocycles. The van der Waals surface area contributed by atoms with Crippen LogP contribution in [0.3, 0.4) is 0 Å². The maximum atomic E-state index is 13.1. The van der Waals surface area contributed by atoms with Gasteiger partial charge in [-0.3, -0.25) is 78.1 Å². The van der Waals surface area contributed by atoms with Crippen LogP contribution < -0.4 is 31.6 Å². The molecule has 32 nitrogen and oxygen atoms in total. The molecule has 0 saturated carbocycles. The summed E-state index contributed by atoms with van der Waals surface area (Å²) in [5.74, 6) is 1.43. The Hall–Kier alpha value is -13.9. The van der Waals surface area contributed by atoms with E-state index in [0.29, 0.717) is 215 Å². The van der Waals surface area contributed by atoms with Gasteiger partial charge in [-0.25, -0.2) is 19.9 Å². The number of fused-ring (bicyclic) bond motifs is 2. The van der Waals surface area contributed by atoms with Crippen molar-refractivity contribution in [1.29, 1.82) is 0 Å². The number of amides is 6. The molecule has 0 bridgehead atoms. The minimum Gasteiger partial charge on any atom is -0.494 e. The van der Waals surface area contributed by atoms with E-state index in [-0.39, 0.29) is 68.4 Å². The second-order valence-electron chi connectivity index (χ2n) is 32.1. The van der Waals surface area contributed by atoms with Crippen molar-refractivity contribution in [3.63, 3.8) is 0 Å². The van der Waals surface area contributed by atoms with Crippen LogP contribution in [0.5, 0.6) is 11.5 Å². The number of anilines is 4. The molecule has 8 aromatic heterocycles. The predicted octanol–water partition coefficient (Wildman–Crippen LogP) is 12.7. The third-order valence-corrected chi connectivity index (χ3v) is 21.4. The molecule has 6 N–H and O–H groups in total. The van der Waals surface area contributed by atoms with Crippen molar-refractivity contribution < 1.29 is 66.7 Å². The Kier molecular flexibility index (Phi) is 38.2. The first-order valence-corrected chi connectivity index (χ1v) is 44.7. The molecule has 0 spiro atoms. The van der Waals surface area contributed by atoms with Gasteiger partial charge in [0.05, 0.1) is 134 Å². The van der Waals surface area contributed by atoms with Crippen molar-refractivity contribution in [2.24, 2.45) is 0 Å². The lowest BCUT2D eigenvalue weighted by Gasteiger charge is -2.25. The Bertz CT molecular complexity index is 5440. The first-order valence-electron chi connectivity index (χ1n) is 44.7. The fourth-order valence-corrected chi connectivity index (χ4v) is 15.4. The molecule has 2 aliphatic rings. The summed E-state index contributed by atoms with van der Waals surface area (Å²) in [7, 11) is 3.21. The van der Waals surface area contributed by atoms with Crippen molar-refractivity contribution >= 4 is 58.7 Å². The summed E-state index contributed by atoms with van der Waals surface area (Å²) in [6.07, 6.45) is 9.57. The third kappa shape index (κ3) is 31.7. The van der Waals surface area contributed by atoms with E-state index in [2.05, 4.69) is 84.4 Å². The van der Waals surface area contributed by atoms with Gasteiger partial charge in [0.1, 0.15) is 48.0 Å². The zero-order valence-electron chi connectivity index (χ0n) is 75.6. The monoisotopic (exact) mass is 1810 g/mol. The van der Waals surface area contributed by atoms with Crippen LogP contribution in [-0.4, -0.2) is 211 Å². The standard InChI is InChI=1S/C58H69N9O11.C44H45N9O3/c1-72-25-27-74-29-31-76-42-55(68)63-53-19-11-15-48(61-53)40-65(38-46-13-5-7-21-59-46)36-44-33-45(35-50(34-44)78-24-10-9-23-67-57(70)51-17-3-4-18-52(51)58(67)71)37-66(39-47-14-6-8-22-60-47)41-49-16-12-20-54(62-49)64-56(69)43-77-32-30-75-28-26-73-2;45-41-17-9-13-36(49-41)30-51(28-34-11-3-5-19-47-34)26-32-23-33(27-52(29-35-12-4-6-20-48-35)31-37-14-10-18-42(46)50-37)25-38(24-32)56-22-8-7-21-53-43(54)39-15-1-2-16-40(39)44(53)55/h3-8,11-22,33-35H,9-10,23-32,36-43H2,1-2H3,(H,61,63,68)(H,62,64,69);1-6,9-20,23-25H,7-8,21-22,26-31H2,(H2,45,49)(H2,46,50). The van der Waals surface area contributed by atoms with E-state index < -0.39 is 0 Å². The number of imide groups is 2. The second kappa shape index (κ2) is 52.4. The Morgan fingerprint density at radius 3 is 0.896 bits per heavy atom. The average Bonchev–Trinajstić information content (AvgIpc) is 1.53. The summed E-state index contributed by atoms with van der Waals surface area (Å²) >= 11 is 0. The quantitative estimate of drug-likeness (QED) is 0.0203. The van der Waals surface area contributed by atoms with Gasteiger partial charge in [-0.1, -0.05) is 84.9 Å². The minimum atomic E-state index is -0.334. The summed E-state index contributed by atoms with van der Waals surface area (Å²) in [4.78, 5) is 127. The number of carbonyl (C=O) groups excluding carboxylic acids is 6. The van der Waals surface area contributed by atoms with Crippen molar-refractivity contribution in [1.82, 2.24) is 69.3 Å². The van der Waals surface area contributed by atoms with Gasteiger partial charge in [-0.2, -0.15) is 0 Å². The number of nitrogen functional groups attached to an aromatic ring is 2. The van der Waals surface area contributed by atoms with Crippen molar-refractivity contribution in [2.75, 3.05) is 129 Å². The fraction of sp³-hybridized carbons (Fsp3) is 0.314. The number of carbonyl (C=O) groups is 6. The maximum absolute atomic E-state index is 13.1. The highest BCUT2D eigenvalue weighted by Crippen LogP contribution is 2.30. The third-order valence-electron chi connectivity index (χ3n) is 21.4. The molecular weight excluding hydrogens is 1700 g/mol. The lowest BCUT2D eigenvalue weighted by molar-refractivity contribution is -0.122. The number of hydrogen-bond donors (Lipinski definition) is 4. The molecule has 0 atom stereocenters. The normalized spacial score (nSPS) is 12.3. The molecule has 2 aliphatic heterocycles. The van der Waals surface area contributed by atoms with Crippen LogP contribution in [0.4, 0.5) is 23.3 Å². The van der Waals surface area contributed by atoms with Gasteiger partial charge in [0.2, 0.25) is 0 Å². The van der Waals surface area contributed by atoms with Gasteiger partial charge in [0.25, 0.3) is 35.4 Å². The number of nitrogens with two attached hydrogens (primary N) is 2. The summed E-state index contributed by atoms with van der Waals surface area (Å²) < 4.78 is 44.8. The average molecular weight is 1820 g/mol. The molecule has 32 heteroatoms. The number of hydrogen-bond acceptors (Lipinski definition) is 28. The van der Waals surface area contributed by atoms with E-state index >= 15 is 0 Å². The minimum absolute atomic E-state index is 0.150. The number of nitrogens with zero attached hydrogens (tertiary/aromatic N) is 14. The number of rotatable bonds is 54. The summed E-state index contributed by atoms with van der Waals surface area (Å²) in [6, 6.07) is 72.3. The van der Waals surface area contributed by atoms with Crippen LogP contribution >= 0.6 is 0 Å². The Morgan fingerprint density at radius 1 is 0.306 bits per heavy atom. The van der Waals surface area contributed by atoms with Gasteiger partial charge in [0.15, 0.2) is 0 Å². The first kappa shape index (κ1) is 97.6. The number of benzene rings is 4. The molecule has 12 aromatic rings. The molecule has 134 heavy (non-hydrogen) atoms. The second-order valence-corrected chi connectivity index (χ2v) is 32.1. The smallest absolute Gasteiger partial charge is 0.261 e. The van der Waals surface area contributed by atoms with Crippen LogP contribution in [0.1, 0.15) is 135 Å². The molecule has 0 unspecified atom stereocenters. The van der Waals surface area contributed by atoms with E-state index in [9.17, 15) is 28.8 Å². The number of unbranched alkanes of at least 4 members (excludes halogenated alkanes) is 2. The summed E-state index contributed by atoms with van der Waals surface area (Å²) in [6.45, 7) is 10.4. The molecule has 10 heterocycles. The van der Waals surface area contributed by atoms with Crippen molar-refractivity contribution in [3.8, 4) is 11.5 Å². The predicted molar refractivity (Wildman–Crippen MR) is 505 cm³/mol. The van der Waals surface area contributed by atoms with Crippen LogP contribution in [0.2, 0.25) is 0 Å². The van der Waals surface area contributed by atoms with E-state index in [1.807, 2.05) is 133 Å². The van der Waals surface area contributed by atoms with E-state index in [4.69, 9.17) is 59.3 Å². The van der Waals surface area contributed by atoms with E-state index in [1.54, 1.807) is 112 Å². The van der Waals surface area contributed by atoms with Crippen LogP contribution in [-0.2, 0) is 117 Å². The Labute approximate surface area is 780 Å². The summed E-state index contributed by atoms with van der Waals surface area (Å²) in [5.41, 5.74) is 24.7. The molecule has 4 aromatic carbocycles. The highest BCUT2D eigenvalue weighted by Gasteiger charge is 2.36. The molecule has 14 rings (SSSR count). The molecule has 696 valence electrons. The van der Waals surface area contributed by atoms with Gasteiger partial charge < -0.3 is 60.0 Å². The zero-order chi connectivity index (χ0) is 93.3. The number of pyridine rings is 8. The summed E-state index contributed by atoms with van der Waals surface area (Å²) in [5, 5.41) is 5.70. The van der Waals surface area contributed by atoms with E-state index in [1.165, 1.54) is 9.80 Å². The lowest BCUT2D eigenvalue weighted by Crippen LogP contribution is -2.30. The van der Waals surface area contributed by atoms with Gasteiger partial charge in [0, 0.05) is 131 Å².